The maximum absolute atomic E-state index is 12.3. The van der Waals surface area contributed by atoms with Gasteiger partial charge in [0.2, 0.25) is 17.7 Å². The average molecular weight is 434 g/mol. The molecule has 0 bridgehead atoms. The highest BCUT2D eigenvalue weighted by atomic mass is 35.5. The molecule has 1 saturated heterocycles. The summed E-state index contributed by atoms with van der Waals surface area (Å²) in [5.41, 5.74) is 0.800. The molecule has 0 saturated carbocycles. The molecule has 1 fully saturated rings. The van der Waals surface area contributed by atoms with E-state index in [1.807, 2.05) is 0 Å². The van der Waals surface area contributed by atoms with Gasteiger partial charge in [0.25, 0.3) is 0 Å². The lowest BCUT2D eigenvalue weighted by Gasteiger charge is -2.29. The first-order valence-electron chi connectivity index (χ1n) is 9.54. The van der Waals surface area contributed by atoms with E-state index in [1.54, 1.807) is 24.0 Å². The van der Waals surface area contributed by atoms with Gasteiger partial charge in [-0.15, -0.1) is 0 Å². The molecule has 11 heteroatoms. The molecule has 30 heavy (non-hydrogen) atoms. The summed E-state index contributed by atoms with van der Waals surface area (Å²) in [6.07, 6.45) is 1.54. The van der Waals surface area contributed by atoms with Crippen molar-refractivity contribution in [3.05, 3.63) is 45.5 Å². The normalized spacial score (nSPS) is 14.9. The number of amides is 2. The summed E-state index contributed by atoms with van der Waals surface area (Å²) < 4.78 is 11.6. The molecule has 0 atom stereocenters. The highest BCUT2D eigenvalue weighted by molar-refractivity contribution is 6.31. The summed E-state index contributed by atoms with van der Waals surface area (Å²) in [7, 11) is 0. The molecule has 0 aliphatic carbocycles. The minimum absolute atomic E-state index is 0.0501. The molecule has 10 nitrogen and oxygen atoms in total. The molecule has 0 spiro atoms. The van der Waals surface area contributed by atoms with Crippen molar-refractivity contribution < 1.29 is 18.5 Å². The highest BCUT2D eigenvalue weighted by Gasteiger charge is 2.25. The van der Waals surface area contributed by atoms with Crippen molar-refractivity contribution in [1.29, 1.82) is 0 Å². The van der Waals surface area contributed by atoms with Gasteiger partial charge < -0.3 is 19.2 Å². The van der Waals surface area contributed by atoms with E-state index in [9.17, 15) is 14.4 Å². The Bertz CT molecular complexity index is 1140. The summed E-state index contributed by atoms with van der Waals surface area (Å²) in [6.45, 7) is 2.73. The van der Waals surface area contributed by atoms with Crippen molar-refractivity contribution >= 4 is 34.5 Å². The lowest BCUT2D eigenvalue weighted by Crippen LogP contribution is -2.36. The third-order valence-corrected chi connectivity index (χ3v) is 5.39. The summed E-state index contributed by atoms with van der Waals surface area (Å²) in [6, 6.07) is 4.76. The second kappa shape index (κ2) is 8.31. The molecular formula is C19H20ClN5O5. The fourth-order valence-electron chi connectivity index (χ4n) is 3.52. The van der Waals surface area contributed by atoms with Crippen molar-refractivity contribution in [2.75, 3.05) is 13.1 Å². The van der Waals surface area contributed by atoms with Gasteiger partial charge in [0.05, 0.1) is 12.1 Å². The summed E-state index contributed by atoms with van der Waals surface area (Å²) in [4.78, 5) is 41.9. The van der Waals surface area contributed by atoms with E-state index in [-0.39, 0.29) is 30.8 Å². The van der Waals surface area contributed by atoms with Crippen LogP contribution in [0, 0.1) is 0 Å². The smallest absolute Gasteiger partial charge is 0.408 e. The second-order valence-corrected chi connectivity index (χ2v) is 7.61. The number of piperidine rings is 1. The molecule has 0 unspecified atom stereocenters. The SMILES string of the molecule is CC(=O)N1CCC(c2noc(CNC(=O)Cn3c(=O)oc4cc(Cl)ccc43)n2)CC1. The van der Waals surface area contributed by atoms with Crippen LogP contribution in [0.5, 0.6) is 0 Å². The van der Waals surface area contributed by atoms with Crippen molar-refractivity contribution in [3.63, 3.8) is 0 Å². The number of rotatable bonds is 5. The zero-order valence-corrected chi connectivity index (χ0v) is 17.0. The van der Waals surface area contributed by atoms with Crippen LogP contribution in [0.15, 0.2) is 31.9 Å². The van der Waals surface area contributed by atoms with E-state index >= 15 is 0 Å². The van der Waals surface area contributed by atoms with Crippen LogP contribution in [0.1, 0.15) is 37.4 Å². The van der Waals surface area contributed by atoms with Gasteiger partial charge in [-0.1, -0.05) is 16.8 Å². The number of hydrogen-bond acceptors (Lipinski definition) is 7. The molecule has 1 aromatic carbocycles. The van der Waals surface area contributed by atoms with E-state index in [2.05, 4.69) is 15.5 Å². The van der Waals surface area contributed by atoms with Crippen LogP contribution in [0.25, 0.3) is 11.1 Å². The maximum atomic E-state index is 12.3. The second-order valence-electron chi connectivity index (χ2n) is 7.17. The van der Waals surface area contributed by atoms with Crippen LogP contribution in [0.3, 0.4) is 0 Å². The highest BCUT2D eigenvalue weighted by Crippen LogP contribution is 2.26. The van der Waals surface area contributed by atoms with Crippen LogP contribution in [0.2, 0.25) is 5.02 Å². The maximum Gasteiger partial charge on any atom is 0.420 e. The quantitative estimate of drug-likeness (QED) is 0.649. The third kappa shape index (κ3) is 4.23. The lowest BCUT2D eigenvalue weighted by molar-refractivity contribution is -0.129. The number of oxazole rings is 1. The molecule has 4 rings (SSSR count). The molecule has 2 amide bonds. The van der Waals surface area contributed by atoms with Gasteiger partial charge >= 0.3 is 5.76 Å². The predicted molar refractivity (Wildman–Crippen MR) is 106 cm³/mol. The summed E-state index contributed by atoms with van der Waals surface area (Å²) in [5.74, 6) is 0.0117. The number of benzene rings is 1. The minimum Gasteiger partial charge on any atom is -0.408 e. The summed E-state index contributed by atoms with van der Waals surface area (Å²) >= 11 is 5.89. The number of hydrogen-bond donors (Lipinski definition) is 1. The van der Waals surface area contributed by atoms with Gasteiger partial charge in [-0.3, -0.25) is 14.2 Å². The molecule has 158 valence electrons. The van der Waals surface area contributed by atoms with Crippen LogP contribution >= 0.6 is 11.6 Å². The Hall–Kier alpha value is -3.14. The number of aromatic nitrogens is 3. The lowest BCUT2D eigenvalue weighted by atomic mass is 9.96. The van der Waals surface area contributed by atoms with Gasteiger partial charge in [0, 0.05) is 37.0 Å². The number of halogens is 1. The number of nitrogens with zero attached hydrogens (tertiary/aromatic N) is 4. The van der Waals surface area contributed by atoms with Crippen LogP contribution < -0.4 is 11.1 Å². The number of nitrogens with one attached hydrogen (secondary N) is 1. The van der Waals surface area contributed by atoms with E-state index in [4.69, 9.17) is 20.5 Å². The summed E-state index contributed by atoms with van der Waals surface area (Å²) in [5, 5.41) is 7.10. The van der Waals surface area contributed by atoms with E-state index in [0.29, 0.717) is 35.0 Å². The fraction of sp³-hybridized carbons (Fsp3) is 0.421. The van der Waals surface area contributed by atoms with Gasteiger partial charge in [0.15, 0.2) is 11.4 Å². The predicted octanol–water partition coefficient (Wildman–Crippen LogP) is 1.67. The van der Waals surface area contributed by atoms with Gasteiger partial charge in [-0.2, -0.15) is 4.98 Å². The molecule has 0 radical (unpaired) electrons. The number of carbonyl (C=O) groups excluding carboxylic acids is 2. The first kappa shape index (κ1) is 20.1. The molecule has 1 aliphatic heterocycles. The van der Waals surface area contributed by atoms with E-state index < -0.39 is 11.7 Å². The Balaban J connectivity index is 1.34. The van der Waals surface area contributed by atoms with Gasteiger partial charge in [-0.25, -0.2) is 4.79 Å². The van der Waals surface area contributed by atoms with Crippen LogP contribution in [-0.2, 0) is 22.7 Å². The zero-order chi connectivity index (χ0) is 21.3. The largest absolute Gasteiger partial charge is 0.420 e. The number of fused-ring (bicyclic) bond motifs is 1. The Labute approximate surface area is 175 Å². The molecule has 2 aromatic heterocycles. The molecule has 1 N–H and O–H groups in total. The van der Waals surface area contributed by atoms with E-state index in [0.717, 1.165) is 12.8 Å². The zero-order valence-electron chi connectivity index (χ0n) is 16.3. The van der Waals surface area contributed by atoms with Crippen molar-refractivity contribution in [2.45, 2.75) is 38.8 Å². The standard InChI is InChI=1S/C19H20ClN5O5/c1-11(26)24-6-4-12(5-7-24)18-22-17(30-23-18)9-21-16(27)10-25-14-3-2-13(20)8-15(14)29-19(25)28/h2-3,8,12H,4-7,9-10H2,1H3,(H,21,27). The fourth-order valence-corrected chi connectivity index (χ4v) is 3.68. The minimum atomic E-state index is -0.639. The first-order valence-corrected chi connectivity index (χ1v) is 9.92. The third-order valence-electron chi connectivity index (χ3n) is 5.16. The van der Waals surface area contributed by atoms with Crippen molar-refractivity contribution in [2.24, 2.45) is 0 Å². The molecule has 3 aromatic rings. The van der Waals surface area contributed by atoms with Crippen LogP contribution in [0.4, 0.5) is 0 Å². The average Bonchev–Trinajstić information content (AvgIpc) is 3.31. The van der Waals surface area contributed by atoms with Crippen LogP contribution in [-0.4, -0.2) is 44.5 Å². The Kier molecular flexibility index (Phi) is 5.58. The first-order chi connectivity index (χ1) is 14.4. The van der Waals surface area contributed by atoms with Crippen molar-refractivity contribution in [3.8, 4) is 0 Å². The van der Waals surface area contributed by atoms with E-state index in [1.165, 1.54) is 10.6 Å². The molecule has 1 aliphatic rings. The molecular weight excluding hydrogens is 414 g/mol. The van der Waals surface area contributed by atoms with Crippen molar-refractivity contribution in [1.82, 2.24) is 24.9 Å². The monoisotopic (exact) mass is 433 g/mol. The Morgan fingerprint density at radius 2 is 2.07 bits per heavy atom. The van der Waals surface area contributed by atoms with Gasteiger partial charge in [-0.05, 0) is 25.0 Å². The Morgan fingerprint density at radius 3 is 2.80 bits per heavy atom. The van der Waals surface area contributed by atoms with Gasteiger partial charge in [0.1, 0.15) is 6.54 Å². The molecule has 3 heterocycles. The Morgan fingerprint density at radius 1 is 1.30 bits per heavy atom. The topological polar surface area (TPSA) is 123 Å². The number of carbonyl (C=O) groups is 2. The number of likely N-dealkylation sites (tertiary alicyclic amines) is 1.